The maximum absolute atomic E-state index is 11.0. The summed E-state index contributed by atoms with van der Waals surface area (Å²) in [6, 6.07) is 6.27. The number of hydrogen-bond donors (Lipinski definition) is 0. The number of rotatable bonds is 2. The molecule has 0 atom stereocenters. The maximum Gasteiger partial charge on any atom is 0.134 e. The monoisotopic (exact) mass is 204 g/mol. The second kappa shape index (κ2) is 3.54. The Bertz CT molecular complexity index is 482. The fourth-order valence-corrected chi connectivity index (χ4v) is 2.45. The molecule has 0 saturated heterocycles. The van der Waals surface area contributed by atoms with Gasteiger partial charge in [0.25, 0.3) is 0 Å². The van der Waals surface area contributed by atoms with Gasteiger partial charge in [0, 0.05) is 11.3 Å². The van der Waals surface area contributed by atoms with Crippen molar-refractivity contribution >= 4 is 27.9 Å². The zero-order valence-electron chi connectivity index (χ0n) is 8.33. The molecule has 0 aliphatic carbocycles. The van der Waals surface area contributed by atoms with Crippen LogP contribution in [-0.2, 0) is 11.2 Å². The second-order valence-corrected chi connectivity index (χ2v) is 4.68. The third-order valence-corrected chi connectivity index (χ3v) is 3.26. The molecule has 1 aromatic heterocycles. The van der Waals surface area contributed by atoms with Gasteiger partial charge in [-0.3, -0.25) is 4.79 Å². The normalized spacial score (nSPS) is 10.7. The highest BCUT2D eigenvalue weighted by molar-refractivity contribution is 7.11. The summed E-state index contributed by atoms with van der Waals surface area (Å²) in [5.41, 5.74) is 1.11. The van der Waals surface area contributed by atoms with Crippen LogP contribution >= 0.6 is 11.3 Å². The molecule has 2 rings (SSSR count). The number of fused-ring (bicyclic) bond motifs is 1. The molecule has 2 heteroatoms. The molecule has 14 heavy (non-hydrogen) atoms. The smallest absolute Gasteiger partial charge is 0.134 e. The molecule has 1 aromatic carbocycles. The summed E-state index contributed by atoms with van der Waals surface area (Å²) in [5.74, 6) is 0.219. The molecule has 0 radical (unpaired) electrons. The topological polar surface area (TPSA) is 17.1 Å². The van der Waals surface area contributed by atoms with Crippen LogP contribution in [0.3, 0.4) is 0 Å². The Kier molecular flexibility index (Phi) is 2.38. The predicted molar refractivity (Wildman–Crippen MR) is 60.9 cm³/mol. The molecule has 0 spiro atoms. The first kappa shape index (κ1) is 9.41. The van der Waals surface area contributed by atoms with Gasteiger partial charge in [0.15, 0.2) is 0 Å². The Morgan fingerprint density at radius 3 is 2.93 bits per heavy atom. The third kappa shape index (κ3) is 1.70. The summed E-state index contributed by atoms with van der Waals surface area (Å²) in [5, 5.41) is 4.71. The number of ketones is 1. The highest BCUT2D eigenvalue weighted by atomic mass is 32.1. The first-order valence-electron chi connectivity index (χ1n) is 4.63. The van der Waals surface area contributed by atoms with Crippen LogP contribution in [0.1, 0.15) is 17.4 Å². The van der Waals surface area contributed by atoms with E-state index in [0.717, 1.165) is 5.56 Å². The standard InChI is InChI=1S/C12H12OS/c1-8(13)5-10-3-4-12-9(2)14-7-11(12)6-10/h3-4,6-7H,5H2,1-2H3. The number of aryl methyl sites for hydroxylation is 1. The van der Waals surface area contributed by atoms with Crippen LogP contribution in [0.25, 0.3) is 10.8 Å². The Labute approximate surface area is 87.4 Å². The van der Waals surface area contributed by atoms with Crippen LogP contribution in [-0.4, -0.2) is 5.78 Å². The van der Waals surface area contributed by atoms with Gasteiger partial charge in [0.2, 0.25) is 0 Å². The van der Waals surface area contributed by atoms with E-state index in [1.807, 2.05) is 6.07 Å². The molecule has 0 saturated carbocycles. The minimum absolute atomic E-state index is 0.219. The Morgan fingerprint density at radius 2 is 2.21 bits per heavy atom. The fraction of sp³-hybridized carbons (Fsp3) is 0.250. The molecule has 1 heterocycles. The predicted octanol–water partition coefficient (Wildman–Crippen LogP) is 3.34. The van der Waals surface area contributed by atoms with Gasteiger partial charge in [0.1, 0.15) is 5.78 Å². The van der Waals surface area contributed by atoms with Crippen LogP contribution in [0.4, 0.5) is 0 Å². The van der Waals surface area contributed by atoms with Crippen LogP contribution in [0, 0.1) is 6.92 Å². The number of carbonyl (C=O) groups excluding carboxylic acids is 1. The second-order valence-electron chi connectivity index (χ2n) is 3.59. The summed E-state index contributed by atoms with van der Waals surface area (Å²) in [6.07, 6.45) is 0.546. The Morgan fingerprint density at radius 1 is 1.43 bits per heavy atom. The van der Waals surface area contributed by atoms with Crippen molar-refractivity contribution in [1.29, 1.82) is 0 Å². The summed E-state index contributed by atoms with van der Waals surface area (Å²) < 4.78 is 0. The molecule has 0 unspecified atom stereocenters. The van der Waals surface area contributed by atoms with E-state index < -0.39 is 0 Å². The van der Waals surface area contributed by atoms with Crippen molar-refractivity contribution in [3.8, 4) is 0 Å². The lowest BCUT2D eigenvalue weighted by Gasteiger charge is -1.98. The molecular formula is C12H12OS. The van der Waals surface area contributed by atoms with Crippen molar-refractivity contribution < 1.29 is 4.79 Å². The highest BCUT2D eigenvalue weighted by Gasteiger charge is 2.02. The first-order chi connectivity index (χ1) is 6.66. The molecule has 0 fully saturated rings. The van der Waals surface area contributed by atoms with Gasteiger partial charge in [-0.25, -0.2) is 0 Å². The van der Waals surface area contributed by atoms with Gasteiger partial charge in [-0.15, -0.1) is 11.3 Å². The van der Waals surface area contributed by atoms with Gasteiger partial charge < -0.3 is 0 Å². The van der Waals surface area contributed by atoms with Crippen LogP contribution in [0.2, 0.25) is 0 Å². The van der Waals surface area contributed by atoms with Crippen molar-refractivity contribution in [3.63, 3.8) is 0 Å². The average molecular weight is 204 g/mol. The zero-order valence-corrected chi connectivity index (χ0v) is 9.15. The van der Waals surface area contributed by atoms with Crippen molar-refractivity contribution in [2.24, 2.45) is 0 Å². The van der Waals surface area contributed by atoms with E-state index in [0.29, 0.717) is 6.42 Å². The van der Waals surface area contributed by atoms with E-state index in [9.17, 15) is 4.79 Å². The molecule has 2 aromatic rings. The lowest BCUT2D eigenvalue weighted by molar-refractivity contribution is -0.116. The quantitative estimate of drug-likeness (QED) is 0.733. The van der Waals surface area contributed by atoms with Gasteiger partial charge in [0.05, 0.1) is 0 Å². The Balaban J connectivity index is 2.46. The molecule has 0 bridgehead atoms. The lowest BCUT2D eigenvalue weighted by Crippen LogP contribution is -1.95. The minimum atomic E-state index is 0.219. The SMILES string of the molecule is CC(=O)Cc1ccc2c(C)scc2c1. The number of thiophene rings is 1. The minimum Gasteiger partial charge on any atom is -0.300 e. The van der Waals surface area contributed by atoms with Crippen molar-refractivity contribution in [2.45, 2.75) is 20.3 Å². The van der Waals surface area contributed by atoms with Crippen molar-refractivity contribution in [3.05, 3.63) is 34.0 Å². The van der Waals surface area contributed by atoms with Gasteiger partial charge in [-0.2, -0.15) is 0 Å². The average Bonchev–Trinajstić information content (AvgIpc) is 2.46. The van der Waals surface area contributed by atoms with Gasteiger partial charge in [-0.05, 0) is 41.6 Å². The van der Waals surface area contributed by atoms with Crippen molar-refractivity contribution in [2.75, 3.05) is 0 Å². The van der Waals surface area contributed by atoms with E-state index >= 15 is 0 Å². The van der Waals surface area contributed by atoms with Gasteiger partial charge >= 0.3 is 0 Å². The molecule has 1 nitrogen and oxygen atoms in total. The van der Waals surface area contributed by atoms with Crippen molar-refractivity contribution in [1.82, 2.24) is 0 Å². The number of Topliss-reactive ketones (excluding diaryl/α,β-unsaturated/α-hetero) is 1. The largest absolute Gasteiger partial charge is 0.300 e. The molecular weight excluding hydrogens is 192 g/mol. The summed E-state index contributed by atoms with van der Waals surface area (Å²) in [6.45, 7) is 3.75. The molecule has 0 aliphatic rings. The van der Waals surface area contributed by atoms with Crippen LogP contribution < -0.4 is 0 Å². The van der Waals surface area contributed by atoms with E-state index in [1.54, 1.807) is 18.3 Å². The van der Waals surface area contributed by atoms with Crippen LogP contribution in [0.5, 0.6) is 0 Å². The summed E-state index contributed by atoms with van der Waals surface area (Å²) in [7, 11) is 0. The zero-order chi connectivity index (χ0) is 10.1. The highest BCUT2D eigenvalue weighted by Crippen LogP contribution is 2.25. The number of benzene rings is 1. The Hall–Kier alpha value is -1.15. The van der Waals surface area contributed by atoms with E-state index in [-0.39, 0.29) is 5.78 Å². The van der Waals surface area contributed by atoms with Crippen LogP contribution in [0.15, 0.2) is 23.6 Å². The lowest BCUT2D eigenvalue weighted by atomic mass is 10.1. The number of carbonyl (C=O) groups is 1. The van der Waals surface area contributed by atoms with E-state index in [4.69, 9.17) is 0 Å². The maximum atomic E-state index is 11.0. The van der Waals surface area contributed by atoms with Gasteiger partial charge in [-0.1, -0.05) is 12.1 Å². The summed E-state index contributed by atoms with van der Waals surface area (Å²) in [4.78, 5) is 12.3. The molecule has 0 amide bonds. The fourth-order valence-electron chi connectivity index (χ4n) is 1.64. The first-order valence-corrected chi connectivity index (χ1v) is 5.51. The molecule has 0 N–H and O–H groups in total. The third-order valence-electron chi connectivity index (χ3n) is 2.31. The number of hydrogen-bond acceptors (Lipinski definition) is 2. The molecule has 0 aliphatic heterocycles. The van der Waals surface area contributed by atoms with E-state index in [1.165, 1.54) is 15.6 Å². The summed E-state index contributed by atoms with van der Waals surface area (Å²) >= 11 is 1.76. The molecule has 72 valence electrons. The van der Waals surface area contributed by atoms with E-state index in [2.05, 4.69) is 24.4 Å².